The van der Waals surface area contributed by atoms with Crippen LogP contribution in [0.5, 0.6) is 0 Å². The monoisotopic (exact) mass is 376 g/mol. The van der Waals surface area contributed by atoms with Crippen LogP contribution in [0.3, 0.4) is 0 Å². The van der Waals surface area contributed by atoms with Crippen molar-refractivity contribution in [1.82, 2.24) is 9.62 Å². The van der Waals surface area contributed by atoms with E-state index >= 15 is 0 Å². The van der Waals surface area contributed by atoms with Crippen LogP contribution in [0.4, 0.5) is 0 Å². The molecule has 1 saturated heterocycles. The molecule has 0 amide bonds. The minimum Gasteiger partial charge on any atom is -0.392 e. The summed E-state index contributed by atoms with van der Waals surface area (Å²) in [4.78, 5) is 2.44. The van der Waals surface area contributed by atoms with Crippen LogP contribution in [0.15, 0.2) is 27.6 Å². The lowest BCUT2D eigenvalue weighted by atomic mass is 10.2. The van der Waals surface area contributed by atoms with Crippen molar-refractivity contribution in [3.8, 4) is 0 Å². The molecule has 0 aliphatic carbocycles. The van der Waals surface area contributed by atoms with Crippen LogP contribution >= 0.6 is 15.9 Å². The topological polar surface area (TPSA) is 69.6 Å². The zero-order chi connectivity index (χ0) is 15.5. The molecule has 1 fully saturated rings. The number of halogens is 1. The molecule has 7 heteroatoms. The fourth-order valence-corrected chi connectivity index (χ4v) is 4.82. The fraction of sp³-hybridized carbons (Fsp3) is 0.571. The van der Waals surface area contributed by atoms with Crippen LogP contribution in [0, 0.1) is 0 Å². The molecule has 0 bridgehead atoms. The Hall–Kier alpha value is -0.470. The first-order chi connectivity index (χ1) is 9.92. The molecule has 1 aromatic carbocycles. The van der Waals surface area contributed by atoms with Crippen molar-refractivity contribution < 1.29 is 13.5 Å². The van der Waals surface area contributed by atoms with Crippen molar-refractivity contribution in [3.05, 3.63) is 28.2 Å². The molecule has 1 atom stereocenters. The third-order valence-electron chi connectivity index (χ3n) is 3.55. The normalized spacial score (nSPS) is 18.0. The van der Waals surface area contributed by atoms with Gasteiger partial charge in [-0.2, -0.15) is 0 Å². The Kier molecular flexibility index (Phi) is 5.79. The van der Waals surface area contributed by atoms with Gasteiger partial charge in [-0.1, -0.05) is 6.07 Å². The van der Waals surface area contributed by atoms with Crippen molar-refractivity contribution in [1.29, 1.82) is 0 Å². The fourth-order valence-electron chi connectivity index (χ4n) is 2.57. The third kappa shape index (κ3) is 4.50. The predicted molar refractivity (Wildman–Crippen MR) is 85.5 cm³/mol. The van der Waals surface area contributed by atoms with Gasteiger partial charge in [0.15, 0.2) is 0 Å². The first kappa shape index (κ1) is 16.9. The minimum atomic E-state index is -3.60. The smallest absolute Gasteiger partial charge is 0.241 e. The molecule has 0 saturated carbocycles. The van der Waals surface area contributed by atoms with E-state index in [9.17, 15) is 8.42 Å². The Labute approximate surface area is 134 Å². The lowest BCUT2D eigenvalue weighted by Crippen LogP contribution is -2.41. The molecule has 5 nitrogen and oxygen atoms in total. The summed E-state index contributed by atoms with van der Waals surface area (Å²) in [6, 6.07) is 4.68. The molecule has 1 heterocycles. The number of hydrogen-bond donors (Lipinski definition) is 2. The van der Waals surface area contributed by atoms with Gasteiger partial charge in [-0.3, -0.25) is 0 Å². The number of aliphatic hydroxyl groups is 1. The lowest BCUT2D eigenvalue weighted by molar-refractivity contribution is 0.281. The molecular weight excluding hydrogens is 356 g/mol. The average molecular weight is 377 g/mol. The number of sulfonamides is 1. The number of rotatable bonds is 6. The molecule has 21 heavy (non-hydrogen) atoms. The highest BCUT2D eigenvalue weighted by Crippen LogP contribution is 2.23. The van der Waals surface area contributed by atoms with Gasteiger partial charge in [0, 0.05) is 17.1 Å². The summed E-state index contributed by atoms with van der Waals surface area (Å²) < 4.78 is 28.1. The summed E-state index contributed by atoms with van der Waals surface area (Å²) in [6.45, 7) is 4.49. The van der Waals surface area contributed by atoms with Gasteiger partial charge in [0.1, 0.15) is 0 Å². The Morgan fingerprint density at radius 3 is 2.67 bits per heavy atom. The molecule has 1 aliphatic rings. The van der Waals surface area contributed by atoms with E-state index in [1.807, 2.05) is 6.92 Å². The van der Waals surface area contributed by atoms with E-state index in [2.05, 4.69) is 25.6 Å². The summed E-state index contributed by atoms with van der Waals surface area (Å²) in [7, 11) is -3.60. The Morgan fingerprint density at radius 2 is 2.05 bits per heavy atom. The molecule has 1 aliphatic heterocycles. The van der Waals surface area contributed by atoms with E-state index < -0.39 is 10.0 Å². The number of hydrogen-bond acceptors (Lipinski definition) is 4. The van der Waals surface area contributed by atoms with Gasteiger partial charge in [0.25, 0.3) is 0 Å². The Balaban J connectivity index is 2.10. The molecule has 118 valence electrons. The van der Waals surface area contributed by atoms with Gasteiger partial charge in [0.2, 0.25) is 10.0 Å². The zero-order valence-corrected chi connectivity index (χ0v) is 14.5. The van der Waals surface area contributed by atoms with Crippen LogP contribution in [0.2, 0.25) is 0 Å². The van der Waals surface area contributed by atoms with Crippen LogP contribution in [-0.4, -0.2) is 44.1 Å². The second kappa shape index (κ2) is 7.19. The van der Waals surface area contributed by atoms with Crippen LogP contribution in [-0.2, 0) is 16.6 Å². The zero-order valence-electron chi connectivity index (χ0n) is 12.0. The maximum absolute atomic E-state index is 12.5. The van der Waals surface area contributed by atoms with Crippen molar-refractivity contribution >= 4 is 26.0 Å². The molecule has 2 N–H and O–H groups in total. The number of aliphatic hydroxyl groups excluding tert-OH is 1. The van der Waals surface area contributed by atoms with Gasteiger partial charge < -0.3 is 10.0 Å². The van der Waals surface area contributed by atoms with Crippen molar-refractivity contribution in [3.63, 3.8) is 0 Å². The molecule has 0 radical (unpaired) electrons. The second-order valence-corrected chi connectivity index (χ2v) is 7.99. The van der Waals surface area contributed by atoms with Crippen LogP contribution in [0.25, 0.3) is 0 Å². The van der Waals surface area contributed by atoms with E-state index in [-0.39, 0.29) is 17.5 Å². The van der Waals surface area contributed by atoms with Crippen molar-refractivity contribution in [2.24, 2.45) is 0 Å². The lowest BCUT2D eigenvalue weighted by Gasteiger charge is -2.21. The largest absolute Gasteiger partial charge is 0.392 e. The summed E-state index contributed by atoms with van der Waals surface area (Å²) in [5, 5.41) is 9.15. The minimum absolute atomic E-state index is 0.155. The van der Waals surface area contributed by atoms with Gasteiger partial charge in [-0.05, 0) is 66.5 Å². The standard InChI is InChI=1S/C14H21BrN2O3S/c1-11(9-17-6-2-3-7-17)16-21(19,20)14-8-12(10-18)4-5-13(14)15/h4-5,8,11,16,18H,2-3,6-7,9-10H2,1H3. The number of nitrogens with zero attached hydrogens (tertiary/aromatic N) is 1. The van der Waals surface area contributed by atoms with Crippen molar-refractivity contribution in [2.75, 3.05) is 19.6 Å². The van der Waals surface area contributed by atoms with E-state index in [4.69, 9.17) is 5.11 Å². The highest BCUT2D eigenvalue weighted by molar-refractivity contribution is 9.10. The van der Waals surface area contributed by atoms with E-state index in [0.717, 1.165) is 19.6 Å². The van der Waals surface area contributed by atoms with Crippen LogP contribution in [0.1, 0.15) is 25.3 Å². The molecule has 1 aromatic rings. The summed E-state index contributed by atoms with van der Waals surface area (Å²) in [6.07, 6.45) is 2.37. The van der Waals surface area contributed by atoms with Crippen LogP contribution < -0.4 is 4.72 Å². The van der Waals surface area contributed by atoms with Crippen molar-refractivity contribution in [2.45, 2.75) is 37.3 Å². The number of benzene rings is 1. The van der Waals surface area contributed by atoms with Gasteiger partial charge in [0.05, 0.1) is 11.5 Å². The van der Waals surface area contributed by atoms with Gasteiger partial charge in [-0.25, -0.2) is 13.1 Å². The third-order valence-corrected chi connectivity index (χ3v) is 6.14. The summed E-state index contributed by atoms with van der Waals surface area (Å²) in [5.74, 6) is 0. The molecule has 0 spiro atoms. The maximum Gasteiger partial charge on any atom is 0.241 e. The predicted octanol–water partition coefficient (Wildman–Crippen LogP) is 1.70. The summed E-state index contributed by atoms with van der Waals surface area (Å²) >= 11 is 3.26. The van der Waals surface area contributed by atoms with E-state index in [1.54, 1.807) is 12.1 Å². The summed E-state index contributed by atoms with van der Waals surface area (Å²) in [5.41, 5.74) is 0.575. The highest BCUT2D eigenvalue weighted by Gasteiger charge is 2.22. The Morgan fingerprint density at radius 1 is 1.38 bits per heavy atom. The molecule has 0 aromatic heterocycles. The first-order valence-corrected chi connectivity index (χ1v) is 9.34. The maximum atomic E-state index is 12.5. The van der Waals surface area contributed by atoms with Gasteiger partial charge >= 0.3 is 0 Å². The van der Waals surface area contributed by atoms with Gasteiger partial charge in [-0.15, -0.1) is 0 Å². The number of nitrogens with one attached hydrogen (secondary N) is 1. The first-order valence-electron chi connectivity index (χ1n) is 7.06. The van der Waals surface area contributed by atoms with E-state index in [1.165, 1.54) is 18.9 Å². The highest BCUT2D eigenvalue weighted by atomic mass is 79.9. The molecular formula is C14H21BrN2O3S. The molecule has 2 rings (SSSR count). The average Bonchev–Trinajstić information content (AvgIpc) is 2.91. The SMILES string of the molecule is CC(CN1CCCC1)NS(=O)(=O)c1cc(CO)ccc1Br. The Bertz CT molecular complexity index is 586. The van der Waals surface area contributed by atoms with E-state index in [0.29, 0.717) is 10.0 Å². The quantitative estimate of drug-likeness (QED) is 0.792. The number of likely N-dealkylation sites (tertiary alicyclic amines) is 1. The second-order valence-electron chi connectivity index (χ2n) is 5.45. The molecule has 1 unspecified atom stereocenters.